The summed E-state index contributed by atoms with van der Waals surface area (Å²) in [6.45, 7) is 4.04. The van der Waals surface area contributed by atoms with Gasteiger partial charge in [-0.2, -0.15) is 0 Å². The zero-order valence-corrected chi connectivity index (χ0v) is 10.6. The van der Waals surface area contributed by atoms with Crippen molar-refractivity contribution in [2.75, 3.05) is 32.5 Å². The summed E-state index contributed by atoms with van der Waals surface area (Å²) in [5, 5.41) is 6.67. The average molecular weight is 233 g/mol. The fourth-order valence-electron chi connectivity index (χ4n) is 1.78. The largest absolute Gasteiger partial charge is 0.380 e. The summed E-state index contributed by atoms with van der Waals surface area (Å²) in [5.74, 6) is 0.0415. The van der Waals surface area contributed by atoms with Gasteiger partial charge in [-0.15, -0.1) is 0 Å². The van der Waals surface area contributed by atoms with Gasteiger partial charge in [0.1, 0.15) is 0 Å². The molecule has 1 aliphatic heterocycles. The molecule has 0 aromatic heterocycles. The Hall–Kier alpha value is -1.55. The van der Waals surface area contributed by atoms with Crippen molar-refractivity contribution in [3.05, 3.63) is 29.3 Å². The van der Waals surface area contributed by atoms with E-state index >= 15 is 0 Å². The molecule has 2 N–H and O–H groups in total. The van der Waals surface area contributed by atoms with E-state index in [2.05, 4.69) is 17.6 Å². The second-order valence-electron chi connectivity index (χ2n) is 4.73. The summed E-state index contributed by atoms with van der Waals surface area (Å²) in [5.41, 5.74) is 2.96. The van der Waals surface area contributed by atoms with Gasteiger partial charge in [-0.3, -0.25) is 4.79 Å². The van der Waals surface area contributed by atoms with Gasteiger partial charge in [0.15, 0.2) is 0 Å². The van der Waals surface area contributed by atoms with Crippen LogP contribution in [0.1, 0.15) is 15.9 Å². The summed E-state index contributed by atoms with van der Waals surface area (Å²) >= 11 is 0. The van der Waals surface area contributed by atoms with E-state index in [1.165, 1.54) is 5.56 Å². The Kier molecular flexibility index (Phi) is 3.33. The quantitative estimate of drug-likeness (QED) is 0.821. The van der Waals surface area contributed by atoms with Crippen LogP contribution >= 0.6 is 0 Å². The first-order valence-electron chi connectivity index (χ1n) is 5.87. The number of carbonyl (C=O) groups is 1. The normalized spacial score (nSPS) is 15.2. The molecule has 0 aliphatic carbocycles. The maximum absolute atomic E-state index is 11.9. The Bertz CT molecular complexity index is 425. The fraction of sp³-hybridized carbons (Fsp3) is 0.462. The van der Waals surface area contributed by atoms with Gasteiger partial charge in [0.25, 0.3) is 5.91 Å². The van der Waals surface area contributed by atoms with E-state index in [9.17, 15) is 4.79 Å². The van der Waals surface area contributed by atoms with Crippen molar-refractivity contribution in [2.45, 2.75) is 13.0 Å². The van der Waals surface area contributed by atoms with Crippen LogP contribution in [-0.2, 0) is 0 Å². The Balaban J connectivity index is 2.19. The molecule has 92 valence electrons. The number of nitrogens with one attached hydrogen (secondary N) is 2. The zero-order chi connectivity index (χ0) is 12.4. The lowest BCUT2D eigenvalue weighted by Crippen LogP contribution is -2.51. The highest BCUT2D eigenvalue weighted by atomic mass is 16.2. The monoisotopic (exact) mass is 233 g/mol. The standard InChI is InChI=1S/C13H19N3O/c1-9-4-5-10(13(17)16(2)3)6-12(9)15-11-7-14-8-11/h4-6,11,14-15H,7-8H2,1-3H3. The molecule has 4 heteroatoms. The number of anilines is 1. The van der Waals surface area contributed by atoms with Gasteiger partial charge in [0.2, 0.25) is 0 Å². The van der Waals surface area contributed by atoms with Crippen LogP contribution in [-0.4, -0.2) is 44.0 Å². The molecule has 0 unspecified atom stereocenters. The van der Waals surface area contributed by atoms with Crippen LogP contribution in [0.25, 0.3) is 0 Å². The maximum atomic E-state index is 11.9. The molecule has 0 bridgehead atoms. The number of carbonyl (C=O) groups excluding carboxylic acids is 1. The lowest BCUT2D eigenvalue weighted by molar-refractivity contribution is 0.0827. The minimum Gasteiger partial charge on any atom is -0.380 e. The molecule has 1 saturated heterocycles. The molecule has 1 aromatic carbocycles. The van der Waals surface area contributed by atoms with Crippen molar-refractivity contribution >= 4 is 11.6 Å². The molecule has 2 rings (SSSR count). The van der Waals surface area contributed by atoms with Crippen LogP contribution in [0.4, 0.5) is 5.69 Å². The second-order valence-corrected chi connectivity index (χ2v) is 4.73. The highest BCUT2D eigenvalue weighted by molar-refractivity contribution is 5.95. The smallest absolute Gasteiger partial charge is 0.253 e. The first-order valence-corrected chi connectivity index (χ1v) is 5.87. The first kappa shape index (κ1) is 11.9. The third-order valence-electron chi connectivity index (χ3n) is 3.03. The summed E-state index contributed by atoms with van der Waals surface area (Å²) in [6.07, 6.45) is 0. The van der Waals surface area contributed by atoms with E-state index in [4.69, 9.17) is 0 Å². The van der Waals surface area contributed by atoms with Crippen molar-refractivity contribution in [3.63, 3.8) is 0 Å². The summed E-state index contributed by atoms with van der Waals surface area (Å²) in [7, 11) is 3.54. The topological polar surface area (TPSA) is 44.4 Å². The van der Waals surface area contributed by atoms with Gasteiger partial charge in [-0.25, -0.2) is 0 Å². The molecule has 17 heavy (non-hydrogen) atoms. The van der Waals surface area contributed by atoms with Crippen LogP contribution in [0.3, 0.4) is 0 Å². The van der Waals surface area contributed by atoms with Gasteiger partial charge in [-0.05, 0) is 24.6 Å². The number of nitrogens with zero attached hydrogens (tertiary/aromatic N) is 1. The molecule has 1 amide bonds. The Morgan fingerprint density at radius 2 is 2.12 bits per heavy atom. The van der Waals surface area contributed by atoms with E-state index in [0.29, 0.717) is 6.04 Å². The Morgan fingerprint density at radius 1 is 1.41 bits per heavy atom. The van der Waals surface area contributed by atoms with Crippen LogP contribution < -0.4 is 10.6 Å². The van der Waals surface area contributed by atoms with Crippen molar-refractivity contribution in [3.8, 4) is 0 Å². The molecule has 1 aromatic rings. The number of amides is 1. The first-order chi connectivity index (χ1) is 8.08. The minimum atomic E-state index is 0.0415. The molecule has 1 fully saturated rings. The number of benzene rings is 1. The average Bonchev–Trinajstić information content (AvgIpc) is 2.24. The van der Waals surface area contributed by atoms with Gasteiger partial charge < -0.3 is 15.5 Å². The van der Waals surface area contributed by atoms with Crippen molar-refractivity contribution < 1.29 is 4.79 Å². The van der Waals surface area contributed by atoms with E-state index in [-0.39, 0.29) is 5.91 Å². The molecule has 0 spiro atoms. The van der Waals surface area contributed by atoms with Crippen LogP contribution in [0, 0.1) is 6.92 Å². The van der Waals surface area contributed by atoms with E-state index in [1.807, 2.05) is 18.2 Å². The number of hydrogen-bond acceptors (Lipinski definition) is 3. The highest BCUT2D eigenvalue weighted by Crippen LogP contribution is 2.19. The van der Waals surface area contributed by atoms with Gasteiger partial charge >= 0.3 is 0 Å². The number of hydrogen-bond donors (Lipinski definition) is 2. The van der Waals surface area contributed by atoms with Crippen molar-refractivity contribution in [1.82, 2.24) is 10.2 Å². The van der Waals surface area contributed by atoms with Crippen LogP contribution in [0.5, 0.6) is 0 Å². The van der Waals surface area contributed by atoms with Crippen LogP contribution in [0.15, 0.2) is 18.2 Å². The number of rotatable bonds is 3. The van der Waals surface area contributed by atoms with Crippen LogP contribution in [0.2, 0.25) is 0 Å². The molecule has 4 nitrogen and oxygen atoms in total. The molecule has 0 atom stereocenters. The van der Waals surface area contributed by atoms with E-state index in [0.717, 1.165) is 24.3 Å². The third kappa shape index (κ3) is 2.58. The van der Waals surface area contributed by atoms with E-state index in [1.54, 1.807) is 19.0 Å². The van der Waals surface area contributed by atoms with Crippen molar-refractivity contribution in [1.29, 1.82) is 0 Å². The van der Waals surface area contributed by atoms with E-state index < -0.39 is 0 Å². The lowest BCUT2D eigenvalue weighted by Gasteiger charge is -2.29. The Labute approximate surface area is 102 Å². The Morgan fingerprint density at radius 3 is 2.65 bits per heavy atom. The van der Waals surface area contributed by atoms with Gasteiger partial charge in [0, 0.05) is 38.4 Å². The maximum Gasteiger partial charge on any atom is 0.253 e. The predicted molar refractivity (Wildman–Crippen MR) is 69.5 cm³/mol. The van der Waals surface area contributed by atoms with Gasteiger partial charge in [-0.1, -0.05) is 6.07 Å². The zero-order valence-electron chi connectivity index (χ0n) is 10.6. The summed E-state index contributed by atoms with van der Waals surface area (Å²) in [6, 6.07) is 6.29. The van der Waals surface area contributed by atoms with Gasteiger partial charge in [0.05, 0.1) is 6.04 Å². The molecular weight excluding hydrogens is 214 g/mol. The molecular formula is C13H19N3O. The van der Waals surface area contributed by atoms with Crippen molar-refractivity contribution in [2.24, 2.45) is 0 Å². The third-order valence-corrected chi connectivity index (χ3v) is 3.03. The SMILES string of the molecule is Cc1ccc(C(=O)N(C)C)cc1NC1CNC1. The second kappa shape index (κ2) is 4.75. The molecule has 1 aliphatic rings. The highest BCUT2D eigenvalue weighted by Gasteiger charge is 2.17. The number of aryl methyl sites for hydroxylation is 1. The molecule has 1 heterocycles. The molecule has 0 radical (unpaired) electrons. The minimum absolute atomic E-state index is 0.0415. The summed E-state index contributed by atoms with van der Waals surface area (Å²) in [4.78, 5) is 13.5. The fourth-order valence-corrected chi connectivity index (χ4v) is 1.78. The molecule has 0 saturated carbocycles. The lowest BCUT2D eigenvalue weighted by atomic mass is 10.1. The summed E-state index contributed by atoms with van der Waals surface area (Å²) < 4.78 is 0. The predicted octanol–water partition coefficient (Wildman–Crippen LogP) is 1.08.